The van der Waals surface area contributed by atoms with Crippen LogP contribution in [-0.4, -0.2) is 48.9 Å². The van der Waals surface area contributed by atoms with Gasteiger partial charge in [-0.1, -0.05) is 6.07 Å². The summed E-state index contributed by atoms with van der Waals surface area (Å²) in [5.41, 5.74) is 4.04. The summed E-state index contributed by atoms with van der Waals surface area (Å²) in [4.78, 5) is 20.8. The lowest BCUT2D eigenvalue weighted by Crippen LogP contribution is -2.12. The molecule has 9 heteroatoms. The van der Waals surface area contributed by atoms with Gasteiger partial charge in [-0.15, -0.1) is 11.3 Å². The first-order chi connectivity index (χ1) is 14.0. The van der Waals surface area contributed by atoms with E-state index in [2.05, 4.69) is 15.2 Å². The third kappa shape index (κ3) is 3.95. The summed E-state index contributed by atoms with van der Waals surface area (Å²) in [6.45, 7) is 0.581. The highest BCUT2D eigenvalue weighted by Gasteiger charge is 2.18. The molecule has 148 valence electrons. The van der Waals surface area contributed by atoms with E-state index in [1.54, 1.807) is 33.4 Å². The summed E-state index contributed by atoms with van der Waals surface area (Å²) < 4.78 is 4.54. The molecule has 4 aromatic rings. The number of hydrogen-bond donors (Lipinski definition) is 0. The maximum Gasteiger partial charge on any atom is 0.167 e. The van der Waals surface area contributed by atoms with E-state index in [1.807, 2.05) is 56.2 Å². The number of fused-ring (bicyclic) bond motifs is 1. The lowest BCUT2D eigenvalue weighted by Gasteiger charge is -2.10. The van der Waals surface area contributed by atoms with Crippen LogP contribution in [0.15, 0.2) is 41.8 Å². The largest absolute Gasteiger partial charge is 0.325 e. The number of hydrogen-bond acceptors (Lipinski definition) is 7. The highest BCUT2D eigenvalue weighted by molar-refractivity contribution is 7.19. The van der Waals surface area contributed by atoms with E-state index < -0.39 is 0 Å². The highest BCUT2D eigenvalue weighted by atomic mass is 32.1. The standard InChI is InChI=1S/C20H21N7OS/c1-25-9-7-15(24-25)12-26(2)22-11-16-17(13-28)27(3)20-19(16)29-18(23-20)10-14-6-4-5-8-21-14/h4-9,11,13H,10,12H2,1-3H3/b22-11-. The molecule has 4 heterocycles. The van der Waals surface area contributed by atoms with Crippen molar-refractivity contribution in [2.75, 3.05) is 7.05 Å². The van der Waals surface area contributed by atoms with Crippen molar-refractivity contribution in [3.8, 4) is 0 Å². The second-order valence-electron chi connectivity index (χ2n) is 6.78. The number of aldehydes is 1. The Balaban J connectivity index is 1.62. The first-order valence-electron chi connectivity index (χ1n) is 9.12. The zero-order valence-corrected chi connectivity index (χ0v) is 17.3. The van der Waals surface area contributed by atoms with E-state index in [0.29, 0.717) is 18.7 Å². The van der Waals surface area contributed by atoms with Crippen LogP contribution < -0.4 is 0 Å². The molecule has 0 spiro atoms. The van der Waals surface area contributed by atoms with Crippen molar-refractivity contribution in [1.82, 2.24) is 29.3 Å². The zero-order chi connectivity index (χ0) is 20.4. The fourth-order valence-corrected chi connectivity index (χ4v) is 4.28. The van der Waals surface area contributed by atoms with E-state index >= 15 is 0 Å². The molecular weight excluding hydrogens is 386 g/mol. The van der Waals surface area contributed by atoms with Gasteiger partial charge in [0.25, 0.3) is 0 Å². The number of aryl methyl sites for hydroxylation is 2. The Bertz CT molecular complexity index is 1170. The Kier molecular flexibility index (Phi) is 5.22. The van der Waals surface area contributed by atoms with Gasteiger partial charge in [-0.2, -0.15) is 10.2 Å². The predicted molar refractivity (Wildman–Crippen MR) is 113 cm³/mol. The number of nitrogens with zero attached hydrogens (tertiary/aromatic N) is 7. The summed E-state index contributed by atoms with van der Waals surface area (Å²) in [6, 6.07) is 7.80. The van der Waals surface area contributed by atoms with Gasteiger partial charge in [-0.25, -0.2) is 4.98 Å². The molecule has 0 aromatic carbocycles. The van der Waals surface area contributed by atoms with Gasteiger partial charge in [0.15, 0.2) is 11.9 Å². The molecule has 0 saturated heterocycles. The summed E-state index contributed by atoms with van der Waals surface area (Å²) in [7, 11) is 5.62. The Morgan fingerprint density at radius 3 is 2.79 bits per heavy atom. The van der Waals surface area contributed by atoms with E-state index in [9.17, 15) is 4.79 Å². The van der Waals surface area contributed by atoms with Crippen LogP contribution in [0.1, 0.15) is 32.4 Å². The predicted octanol–water partition coefficient (Wildman–Crippen LogP) is 2.63. The number of thiazole rings is 1. The molecule has 0 bridgehead atoms. The van der Waals surface area contributed by atoms with Gasteiger partial charge in [0.1, 0.15) is 5.01 Å². The lowest BCUT2D eigenvalue weighted by atomic mass is 10.3. The number of rotatable bonds is 7. The Morgan fingerprint density at radius 1 is 1.24 bits per heavy atom. The van der Waals surface area contributed by atoms with Crippen LogP contribution in [0.25, 0.3) is 10.3 Å². The molecule has 4 aromatic heterocycles. The molecule has 8 nitrogen and oxygen atoms in total. The van der Waals surface area contributed by atoms with Crippen LogP contribution in [0.4, 0.5) is 0 Å². The van der Waals surface area contributed by atoms with E-state index in [0.717, 1.165) is 38.6 Å². The fraction of sp³-hybridized carbons (Fsp3) is 0.250. The summed E-state index contributed by atoms with van der Waals surface area (Å²) in [6.07, 6.45) is 6.93. The number of pyridine rings is 1. The molecular formula is C20H21N7OS. The zero-order valence-electron chi connectivity index (χ0n) is 16.5. The maximum absolute atomic E-state index is 11.7. The van der Waals surface area contributed by atoms with Crippen LogP contribution in [0.2, 0.25) is 0 Å². The van der Waals surface area contributed by atoms with Crippen molar-refractivity contribution in [1.29, 1.82) is 0 Å². The summed E-state index contributed by atoms with van der Waals surface area (Å²) in [5.74, 6) is 0. The second-order valence-corrected chi connectivity index (χ2v) is 7.86. The van der Waals surface area contributed by atoms with Gasteiger partial charge in [0.05, 0.1) is 28.8 Å². The molecule has 0 saturated carbocycles. The average molecular weight is 408 g/mol. The van der Waals surface area contributed by atoms with E-state index in [1.165, 1.54) is 0 Å². The summed E-state index contributed by atoms with van der Waals surface area (Å²) >= 11 is 1.57. The molecule has 0 aliphatic carbocycles. The lowest BCUT2D eigenvalue weighted by molar-refractivity contribution is 0.111. The van der Waals surface area contributed by atoms with Crippen molar-refractivity contribution in [3.63, 3.8) is 0 Å². The molecule has 0 aliphatic heterocycles. The minimum absolute atomic E-state index is 0.568. The van der Waals surface area contributed by atoms with Gasteiger partial charge in [-0.05, 0) is 18.2 Å². The molecule has 0 radical (unpaired) electrons. The Morgan fingerprint density at radius 2 is 2.10 bits per heavy atom. The molecule has 0 atom stereocenters. The third-order valence-corrected chi connectivity index (χ3v) is 5.64. The van der Waals surface area contributed by atoms with Crippen molar-refractivity contribution in [3.05, 3.63) is 64.3 Å². The smallest absolute Gasteiger partial charge is 0.167 e. The Hall–Kier alpha value is -3.33. The minimum Gasteiger partial charge on any atom is -0.325 e. The molecule has 0 fully saturated rings. The van der Waals surface area contributed by atoms with Crippen molar-refractivity contribution in [2.45, 2.75) is 13.0 Å². The molecule has 0 N–H and O–H groups in total. The monoisotopic (exact) mass is 407 g/mol. The topological polar surface area (TPSA) is 81.2 Å². The van der Waals surface area contributed by atoms with Crippen molar-refractivity contribution in [2.24, 2.45) is 19.2 Å². The van der Waals surface area contributed by atoms with Crippen LogP contribution in [0.5, 0.6) is 0 Å². The first-order valence-corrected chi connectivity index (χ1v) is 9.93. The van der Waals surface area contributed by atoms with Crippen LogP contribution in [0.3, 0.4) is 0 Å². The molecule has 0 aliphatic rings. The third-order valence-electron chi connectivity index (χ3n) is 4.57. The SMILES string of the molecule is CN(Cc1ccn(C)n1)/N=C\c1c(C=O)n(C)c2nc(Cc3ccccn3)sc12. The average Bonchev–Trinajstić information content (AvgIpc) is 3.37. The van der Waals surface area contributed by atoms with Crippen molar-refractivity contribution < 1.29 is 4.79 Å². The number of carbonyl (C=O) groups excluding carboxylic acids is 1. The van der Waals surface area contributed by atoms with Crippen molar-refractivity contribution >= 4 is 34.2 Å². The summed E-state index contributed by atoms with van der Waals surface area (Å²) in [5, 5.41) is 11.6. The van der Waals surface area contributed by atoms with Gasteiger partial charge in [0.2, 0.25) is 0 Å². The van der Waals surface area contributed by atoms with Gasteiger partial charge >= 0.3 is 0 Å². The van der Waals surface area contributed by atoms with E-state index in [4.69, 9.17) is 4.98 Å². The quantitative estimate of drug-likeness (QED) is 0.267. The van der Waals surface area contributed by atoms with Crippen LogP contribution in [0, 0.1) is 0 Å². The molecule has 0 unspecified atom stereocenters. The van der Waals surface area contributed by atoms with Gasteiger partial charge in [0, 0.05) is 51.2 Å². The number of aromatic nitrogens is 5. The second kappa shape index (κ2) is 7.96. The minimum atomic E-state index is 0.568. The highest BCUT2D eigenvalue weighted by Crippen LogP contribution is 2.30. The normalized spacial score (nSPS) is 11.6. The fourth-order valence-electron chi connectivity index (χ4n) is 3.15. The Labute approximate surface area is 172 Å². The number of carbonyl (C=O) groups is 1. The molecule has 4 rings (SSSR count). The maximum atomic E-state index is 11.7. The first kappa shape index (κ1) is 19.0. The van der Waals surface area contributed by atoms with Gasteiger partial charge in [-0.3, -0.25) is 19.5 Å². The molecule has 0 amide bonds. The van der Waals surface area contributed by atoms with Crippen LogP contribution >= 0.6 is 11.3 Å². The number of hydrazone groups is 1. The molecule has 29 heavy (non-hydrogen) atoms. The van der Waals surface area contributed by atoms with E-state index in [-0.39, 0.29) is 0 Å². The van der Waals surface area contributed by atoms with Gasteiger partial charge < -0.3 is 4.57 Å². The van der Waals surface area contributed by atoms with Crippen LogP contribution in [-0.2, 0) is 27.1 Å².